The molecule has 4 atom stereocenters. The summed E-state index contributed by atoms with van der Waals surface area (Å²) in [5.74, 6) is -1.65. The van der Waals surface area contributed by atoms with E-state index >= 15 is 0 Å². The number of carbonyl (C=O) groups excluding carboxylic acids is 1. The van der Waals surface area contributed by atoms with Gasteiger partial charge in [0.1, 0.15) is 18.3 Å². The molecule has 124 valence electrons. The molecule has 0 radical (unpaired) electrons. The molecule has 8 N–H and O–H groups in total. The summed E-state index contributed by atoms with van der Waals surface area (Å²) in [6, 6.07) is 0. The van der Waals surface area contributed by atoms with E-state index in [0.29, 0.717) is 0 Å². The number of aromatic amines is 1. The summed E-state index contributed by atoms with van der Waals surface area (Å²) in [6.45, 7) is -0.566. The number of aliphatic hydroxyl groups is 3. The molecule has 1 saturated heterocycles. The van der Waals surface area contributed by atoms with E-state index in [1.807, 2.05) is 0 Å². The Morgan fingerprint density at radius 2 is 2.04 bits per heavy atom. The number of amides is 1. The van der Waals surface area contributed by atoms with Gasteiger partial charge in [0, 0.05) is 0 Å². The predicted molar refractivity (Wildman–Crippen MR) is 74.1 cm³/mol. The third-order valence-corrected chi connectivity index (χ3v) is 3.56. The highest BCUT2D eigenvalue weighted by Gasteiger charge is 2.45. The number of H-pyrrole nitrogens is 1. The van der Waals surface area contributed by atoms with Gasteiger partial charge in [-0.25, -0.2) is 4.98 Å². The monoisotopic (exact) mass is 326 g/mol. The lowest BCUT2D eigenvalue weighted by Gasteiger charge is -2.18. The summed E-state index contributed by atoms with van der Waals surface area (Å²) in [5, 5.41) is 29.1. The topological polar surface area (TPSA) is 203 Å². The molecule has 1 amide bonds. The van der Waals surface area contributed by atoms with Gasteiger partial charge < -0.3 is 31.5 Å². The van der Waals surface area contributed by atoms with Crippen molar-refractivity contribution >= 4 is 23.0 Å². The second kappa shape index (κ2) is 5.27. The Kier molecular flexibility index (Phi) is 3.52. The van der Waals surface area contributed by atoms with Crippen LogP contribution >= 0.6 is 0 Å². The van der Waals surface area contributed by atoms with Gasteiger partial charge in [-0.15, -0.1) is 0 Å². The average Bonchev–Trinajstić information content (AvgIpc) is 2.99. The number of hydrogen-bond donors (Lipinski definition) is 6. The third-order valence-electron chi connectivity index (χ3n) is 3.56. The van der Waals surface area contributed by atoms with E-state index in [1.165, 1.54) is 0 Å². The lowest BCUT2D eigenvalue weighted by Crippen LogP contribution is -2.34. The molecule has 0 unspecified atom stereocenters. The van der Waals surface area contributed by atoms with Crippen LogP contribution in [-0.2, 0) is 4.74 Å². The number of hydrogen-bond acceptors (Lipinski definition) is 9. The summed E-state index contributed by atoms with van der Waals surface area (Å²) >= 11 is 0. The van der Waals surface area contributed by atoms with Crippen LogP contribution in [0.4, 0.5) is 5.95 Å². The number of nitrogens with two attached hydrogens (primary N) is 2. The van der Waals surface area contributed by atoms with Gasteiger partial charge in [-0.05, 0) is 0 Å². The van der Waals surface area contributed by atoms with Gasteiger partial charge in [-0.1, -0.05) is 0 Å². The maximum Gasteiger partial charge on any atom is 0.284 e. The van der Waals surface area contributed by atoms with Crippen molar-refractivity contribution in [3.05, 3.63) is 16.2 Å². The number of rotatable bonds is 3. The number of imidazole rings is 1. The first-order chi connectivity index (χ1) is 10.8. The number of aliphatic hydroxyl groups excluding tert-OH is 3. The molecule has 12 nitrogen and oxygen atoms in total. The first-order valence-electron chi connectivity index (χ1n) is 6.55. The molecule has 0 aliphatic carbocycles. The van der Waals surface area contributed by atoms with E-state index in [0.717, 1.165) is 4.57 Å². The molecule has 23 heavy (non-hydrogen) atoms. The van der Waals surface area contributed by atoms with Crippen molar-refractivity contribution < 1.29 is 24.9 Å². The number of primary amides is 1. The molecule has 2 aromatic heterocycles. The Morgan fingerprint density at radius 1 is 1.35 bits per heavy atom. The molecule has 0 saturated carbocycles. The number of nitrogen functional groups attached to an aromatic ring is 1. The zero-order valence-corrected chi connectivity index (χ0v) is 11.6. The van der Waals surface area contributed by atoms with Crippen LogP contribution in [0.25, 0.3) is 11.2 Å². The Labute approximate surface area is 127 Å². The normalized spacial score (nSPS) is 27.6. The molecule has 0 spiro atoms. The summed E-state index contributed by atoms with van der Waals surface area (Å²) < 4.78 is 6.31. The minimum absolute atomic E-state index is 0.144. The van der Waals surface area contributed by atoms with Crippen LogP contribution < -0.4 is 17.0 Å². The van der Waals surface area contributed by atoms with Gasteiger partial charge in [0.05, 0.1) is 6.61 Å². The van der Waals surface area contributed by atoms with E-state index in [-0.39, 0.29) is 17.1 Å². The Balaban J connectivity index is 2.25. The van der Waals surface area contributed by atoms with Gasteiger partial charge in [0.15, 0.2) is 17.4 Å². The fourth-order valence-corrected chi connectivity index (χ4v) is 2.51. The van der Waals surface area contributed by atoms with Crippen molar-refractivity contribution in [2.24, 2.45) is 5.73 Å². The molecule has 3 rings (SSSR count). The largest absolute Gasteiger partial charge is 0.394 e. The molecule has 1 aliphatic heterocycles. The number of ether oxygens (including phenoxy) is 1. The van der Waals surface area contributed by atoms with Crippen LogP contribution in [0.15, 0.2) is 4.79 Å². The standard InChI is InChI=1S/C11H14N6O6/c12-6(21)8-14-3-7(15-11(13)16-9(3)22)17(8)10-5(20)4(19)2(1-18)23-10/h2,4-5,10,18-20H,1H2,(H2,12,21)(H3,13,15,16,22)/t2-,4-,5-,10-/m1/s1. The fraction of sp³-hybridized carbons (Fsp3) is 0.455. The van der Waals surface area contributed by atoms with E-state index in [9.17, 15) is 19.8 Å². The van der Waals surface area contributed by atoms with Gasteiger partial charge in [-0.2, -0.15) is 4.98 Å². The minimum Gasteiger partial charge on any atom is -0.394 e. The van der Waals surface area contributed by atoms with Gasteiger partial charge >= 0.3 is 0 Å². The molecule has 2 aromatic rings. The molecule has 1 fully saturated rings. The first kappa shape index (κ1) is 15.4. The number of nitrogens with one attached hydrogen (secondary N) is 1. The van der Waals surface area contributed by atoms with Gasteiger partial charge in [-0.3, -0.25) is 19.1 Å². The van der Waals surface area contributed by atoms with Crippen LogP contribution in [0.2, 0.25) is 0 Å². The highest BCUT2D eigenvalue weighted by Crippen LogP contribution is 2.32. The smallest absolute Gasteiger partial charge is 0.284 e. The molecule has 12 heteroatoms. The van der Waals surface area contributed by atoms with E-state index in [2.05, 4.69) is 15.0 Å². The van der Waals surface area contributed by atoms with Crippen molar-refractivity contribution in [3.8, 4) is 0 Å². The Morgan fingerprint density at radius 3 is 2.61 bits per heavy atom. The van der Waals surface area contributed by atoms with Crippen molar-refractivity contribution in [2.75, 3.05) is 12.3 Å². The SMILES string of the molecule is NC(=O)c1nc2c(=O)[nH]c(N)nc2n1[C@@H]1O[C@H](CO)[C@@H](O)[C@H]1O. The second-order valence-electron chi connectivity index (χ2n) is 5.02. The van der Waals surface area contributed by atoms with Crippen LogP contribution in [0.5, 0.6) is 0 Å². The van der Waals surface area contributed by atoms with Crippen molar-refractivity contribution in [1.29, 1.82) is 0 Å². The number of nitrogens with zero attached hydrogens (tertiary/aromatic N) is 3. The highest BCUT2D eigenvalue weighted by molar-refractivity contribution is 5.93. The van der Waals surface area contributed by atoms with Crippen molar-refractivity contribution in [2.45, 2.75) is 24.5 Å². The lowest BCUT2D eigenvalue weighted by molar-refractivity contribution is -0.0517. The summed E-state index contributed by atoms with van der Waals surface area (Å²) in [7, 11) is 0. The maximum atomic E-state index is 11.9. The van der Waals surface area contributed by atoms with Crippen LogP contribution in [0.1, 0.15) is 16.8 Å². The zero-order valence-electron chi connectivity index (χ0n) is 11.6. The zero-order chi connectivity index (χ0) is 16.9. The van der Waals surface area contributed by atoms with Crippen LogP contribution in [-0.4, -0.2) is 65.7 Å². The molecule has 0 aromatic carbocycles. The number of aromatic nitrogens is 4. The number of fused-ring (bicyclic) bond motifs is 1. The summed E-state index contributed by atoms with van der Waals surface area (Å²) in [4.78, 5) is 33.4. The number of anilines is 1. The fourth-order valence-electron chi connectivity index (χ4n) is 2.51. The van der Waals surface area contributed by atoms with Crippen LogP contribution in [0, 0.1) is 0 Å². The molecular formula is C11H14N6O6. The first-order valence-corrected chi connectivity index (χ1v) is 6.55. The highest BCUT2D eigenvalue weighted by atomic mass is 16.6. The van der Waals surface area contributed by atoms with Gasteiger partial charge in [0.2, 0.25) is 11.8 Å². The summed E-state index contributed by atoms with van der Waals surface area (Å²) in [6.07, 6.45) is -5.34. The Bertz CT molecular complexity index is 830. The second-order valence-corrected chi connectivity index (χ2v) is 5.02. The molecule has 0 bridgehead atoms. The van der Waals surface area contributed by atoms with E-state index in [4.69, 9.17) is 21.3 Å². The third kappa shape index (κ3) is 2.24. The maximum absolute atomic E-state index is 11.9. The van der Waals surface area contributed by atoms with E-state index in [1.54, 1.807) is 0 Å². The quantitative estimate of drug-likeness (QED) is 0.329. The Hall–Kier alpha value is -2.54. The minimum atomic E-state index is -1.51. The van der Waals surface area contributed by atoms with Gasteiger partial charge in [0.25, 0.3) is 11.5 Å². The number of carbonyl (C=O) groups is 1. The van der Waals surface area contributed by atoms with E-state index < -0.39 is 48.4 Å². The predicted octanol–water partition coefficient (Wildman–Crippen LogP) is -3.59. The molecule has 3 heterocycles. The molecular weight excluding hydrogens is 312 g/mol. The summed E-state index contributed by atoms with van der Waals surface area (Å²) in [5.41, 5.74) is 9.63. The van der Waals surface area contributed by atoms with Crippen molar-refractivity contribution in [1.82, 2.24) is 19.5 Å². The van der Waals surface area contributed by atoms with Crippen LogP contribution in [0.3, 0.4) is 0 Å². The average molecular weight is 326 g/mol. The van der Waals surface area contributed by atoms with Crippen molar-refractivity contribution in [3.63, 3.8) is 0 Å². The lowest BCUT2D eigenvalue weighted by atomic mass is 10.1. The molecule has 1 aliphatic rings.